The molecular weight excluding hydrogens is 574 g/mol. The van der Waals surface area contributed by atoms with Crippen LogP contribution in [0, 0.1) is 0 Å². The maximum absolute atomic E-state index is 2.72. The fourth-order valence-electron chi connectivity index (χ4n) is 11.0. The first kappa shape index (κ1) is 23.7. The number of para-hydroxylation sites is 4. The van der Waals surface area contributed by atoms with E-state index in [4.69, 9.17) is 0 Å². The Kier molecular flexibility index (Phi) is 3.56. The van der Waals surface area contributed by atoms with Gasteiger partial charge in [-0.05, 0) is 65.7 Å². The number of rotatable bonds is 0. The minimum atomic E-state index is -0.491. The smallest absolute Gasteiger partial charge is 0.292 e. The molecule has 8 heterocycles. The highest BCUT2D eigenvalue weighted by Gasteiger charge is 2.70. The number of pyridine rings is 1. The molecule has 5 heteroatoms. The maximum atomic E-state index is 2.72. The van der Waals surface area contributed by atoms with Crippen molar-refractivity contribution in [2.45, 2.75) is 37.4 Å². The minimum absolute atomic E-state index is 0.0258. The van der Waals surface area contributed by atoms with Crippen molar-refractivity contribution in [2.75, 3.05) is 21.7 Å². The lowest BCUT2D eigenvalue weighted by Gasteiger charge is -2.49. The summed E-state index contributed by atoms with van der Waals surface area (Å²) in [6.45, 7) is 4.85. The number of hydrogen-bond donors (Lipinski definition) is 0. The Bertz CT molecular complexity index is 2700. The number of anilines is 6. The fourth-order valence-corrected chi connectivity index (χ4v) is 11.0. The molecule has 0 radical (unpaired) electrons. The quantitative estimate of drug-likeness (QED) is 0.162. The van der Waals surface area contributed by atoms with E-state index in [1.165, 1.54) is 95.1 Å². The zero-order chi connectivity index (χ0) is 30.7. The number of hydrogen-bond acceptors (Lipinski definition) is 3. The first-order valence-electron chi connectivity index (χ1n) is 16.9. The van der Waals surface area contributed by atoms with Crippen LogP contribution in [0.4, 0.5) is 34.1 Å². The molecule has 6 aliphatic heterocycles. The monoisotopic (exact) mass is 604 g/mol. The Hall–Kier alpha value is -5.55. The van der Waals surface area contributed by atoms with Crippen LogP contribution in [0.1, 0.15) is 47.2 Å². The summed E-state index contributed by atoms with van der Waals surface area (Å²) in [4.78, 5) is 7.86. The third kappa shape index (κ3) is 2.16. The van der Waals surface area contributed by atoms with Crippen molar-refractivity contribution < 1.29 is 4.57 Å². The molecule has 5 nitrogen and oxygen atoms in total. The Morgan fingerprint density at radius 2 is 1.40 bits per heavy atom. The molecule has 2 aromatic heterocycles. The summed E-state index contributed by atoms with van der Waals surface area (Å²) in [6, 6.07) is 39.4. The highest BCUT2D eigenvalue weighted by Crippen LogP contribution is 2.69. The Balaban J connectivity index is 1.35. The van der Waals surface area contributed by atoms with Crippen molar-refractivity contribution in [3.8, 4) is 5.82 Å². The highest BCUT2D eigenvalue weighted by molar-refractivity contribution is 6.17. The average Bonchev–Trinajstić information content (AvgIpc) is 3.71. The molecule has 0 N–H and O–H groups in total. The van der Waals surface area contributed by atoms with Gasteiger partial charge in [-0.2, -0.15) is 4.57 Å². The number of nitrogens with zero attached hydrogens (tertiary/aromatic N) is 5. The van der Waals surface area contributed by atoms with E-state index in [-0.39, 0.29) is 11.6 Å². The molecule has 1 spiro atoms. The largest absolute Gasteiger partial charge is 0.348 e. The van der Waals surface area contributed by atoms with Gasteiger partial charge in [0.25, 0.3) is 5.82 Å². The van der Waals surface area contributed by atoms with Crippen LogP contribution in [0.25, 0.3) is 27.6 Å². The standard InChI is InChI=1S/C42H30N5/c1-41(2)27-13-8-12-25-26-22-24-21-23-11-4-5-15-29(23)45-32-18-9-19-33-34(32)42(40-43(3)30-16-6-7-17-31(30)46(33)40)35(36(24)45)38(26)47(37(25)27)39-28(41)14-10-20-44(39)42/h4-20,22,40H,21H2,1-3H3/q+1. The lowest BCUT2D eigenvalue weighted by atomic mass is 9.70. The van der Waals surface area contributed by atoms with Crippen LogP contribution in [0.2, 0.25) is 0 Å². The van der Waals surface area contributed by atoms with Crippen molar-refractivity contribution >= 4 is 55.9 Å². The summed E-state index contributed by atoms with van der Waals surface area (Å²) in [7, 11) is 2.32. The van der Waals surface area contributed by atoms with Gasteiger partial charge in [-0.15, -0.1) is 0 Å². The third-order valence-corrected chi connectivity index (χ3v) is 12.7. The van der Waals surface area contributed by atoms with Crippen molar-refractivity contribution in [3.05, 3.63) is 143 Å². The molecule has 7 aromatic rings. The lowest BCUT2D eigenvalue weighted by molar-refractivity contribution is -0.741. The van der Waals surface area contributed by atoms with E-state index in [1.54, 1.807) is 0 Å². The molecule has 0 bridgehead atoms. The van der Waals surface area contributed by atoms with Crippen LogP contribution < -0.4 is 19.3 Å². The fraction of sp³-hybridized carbons (Fsp3) is 0.167. The molecule has 13 rings (SSSR count). The summed E-state index contributed by atoms with van der Waals surface area (Å²) in [6.07, 6.45) is 3.35. The van der Waals surface area contributed by atoms with Crippen molar-refractivity contribution in [2.24, 2.45) is 0 Å². The molecule has 2 unspecified atom stereocenters. The van der Waals surface area contributed by atoms with Gasteiger partial charge < -0.3 is 14.7 Å². The Morgan fingerprint density at radius 1 is 0.660 bits per heavy atom. The van der Waals surface area contributed by atoms with Crippen molar-refractivity contribution in [1.29, 1.82) is 0 Å². The van der Waals surface area contributed by atoms with Crippen molar-refractivity contribution in [1.82, 2.24) is 4.57 Å². The van der Waals surface area contributed by atoms with Gasteiger partial charge in [-0.25, -0.2) is 4.57 Å². The number of likely N-dealkylation sites (N-methyl/N-ethyl adjacent to an activating group) is 1. The van der Waals surface area contributed by atoms with Gasteiger partial charge in [-0.1, -0.05) is 62.4 Å². The maximum Gasteiger partial charge on any atom is 0.292 e. The lowest BCUT2D eigenvalue weighted by Crippen LogP contribution is -2.71. The predicted molar refractivity (Wildman–Crippen MR) is 188 cm³/mol. The van der Waals surface area contributed by atoms with Gasteiger partial charge in [-0.3, -0.25) is 0 Å². The number of aromatic nitrogens is 2. The van der Waals surface area contributed by atoms with E-state index in [2.05, 4.69) is 154 Å². The number of fused-ring (bicyclic) bond motifs is 8. The zero-order valence-corrected chi connectivity index (χ0v) is 26.4. The summed E-state index contributed by atoms with van der Waals surface area (Å²) in [5, 5.41) is 2.75. The van der Waals surface area contributed by atoms with Crippen LogP contribution in [0.5, 0.6) is 0 Å². The molecule has 5 aromatic carbocycles. The van der Waals surface area contributed by atoms with Gasteiger partial charge in [0.2, 0.25) is 5.54 Å². The van der Waals surface area contributed by atoms with E-state index in [0.29, 0.717) is 0 Å². The summed E-state index contributed by atoms with van der Waals surface area (Å²) in [5.41, 5.74) is 18.4. The average molecular weight is 605 g/mol. The third-order valence-electron chi connectivity index (χ3n) is 12.7. The number of benzene rings is 5. The van der Waals surface area contributed by atoms with Gasteiger partial charge in [0.15, 0.2) is 11.7 Å². The summed E-state index contributed by atoms with van der Waals surface area (Å²) >= 11 is 0. The van der Waals surface area contributed by atoms with E-state index in [1.807, 2.05) is 0 Å². The normalized spacial score (nSPS) is 21.8. The van der Waals surface area contributed by atoms with Crippen molar-refractivity contribution in [3.63, 3.8) is 0 Å². The van der Waals surface area contributed by atoms with Gasteiger partial charge in [0.05, 0.1) is 51.3 Å². The first-order valence-corrected chi connectivity index (χ1v) is 16.9. The van der Waals surface area contributed by atoms with E-state index in [0.717, 1.165) is 6.42 Å². The van der Waals surface area contributed by atoms with E-state index >= 15 is 0 Å². The topological polar surface area (TPSA) is 18.5 Å². The van der Waals surface area contributed by atoms with Crippen LogP contribution in [0.3, 0.4) is 0 Å². The molecule has 222 valence electrons. The van der Waals surface area contributed by atoms with Gasteiger partial charge in [0, 0.05) is 40.9 Å². The molecule has 0 saturated heterocycles. The molecule has 47 heavy (non-hydrogen) atoms. The molecule has 0 fully saturated rings. The van der Waals surface area contributed by atoms with Gasteiger partial charge in [0.1, 0.15) is 5.52 Å². The van der Waals surface area contributed by atoms with E-state index < -0.39 is 5.54 Å². The minimum Gasteiger partial charge on any atom is -0.348 e. The molecule has 6 aliphatic rings. The van der Waals surface area contributed by atoms with Crippen LogP contribution >= 0.6 is 0 Å². The molecular formula is C42H30N5+. The molecule has 0 saturated carbocycles. The second-order valence-corrected chi connectivity index (χ2v) is 14.9. The Labute approximate surface area is 272 Å². The SMILES string of the molecule is CN1c2ccccc2N2c3cccc4c3C3(c5c6c(cc7c8cccc9c8n(c57)-c5c(ccc[n+]53)C9(C)C)Cc3ccccc3N46)C12. The zero-order valence-electron chi connectivity index (χ0n) is 26.4. The summed E-state index contributed by atoms with van der Waals surface area (Å²) in [5.74, 6) is 1.32. The van der Waals surface area contributed by atoms with Crippen LogP contribution in [0.15, 0.2) is 109 Å². The first-order chi connectivity index (χ1) is 23.0. The van der Waals surface area contributed by atoms with Crippen LogP contribution in [-0.2, 0) is 17.4 Å². The second kappa shape index (κ2) is 7.06. The predicted octanol–water partition coefficient (Wildman–Crippen LogP) is 8.43. The van der Waals surface area contributed by atoms with Crippen LogP contribution in [-0.4, -0.2) is 17.8 Å². The molecule has 0 aliphatic carbocycles. The molecule has 0 amide bonds. The second-order valence-electron chi connectivity index (χ2n) is 14.9. The van der Waals surface area contributed by atoms with E-state index in [9.17, 15) is 0 Å². The molecule has 2 atom stereocenters. The van der Waals surface area contributed by atoms with Gasteiger partial charge >= 0.3 is 0 Å². The highest BCUT2D eigenvalue weighted by atomic mass is 15.5. The summed E-state index contributed by atoms with van der Waals surface area (Å²) < 4.78 is 5.38. The Morgan fingerprint density at radius 3 is 2.30 bits per heavy atom.